The second-order valence-electron chi connectivity index (χ2n) is 6.22. The molecule has 0 spiro atoms. The molecular weight excluding hydrogens is 322 g/mol. The summed E-state index contributed by atoms with van der Waals surface area (Å²) >= 11 is 0. The largest absolute Gasteiger partial charge is 0.361 e. The number of aryl methyl sites for hydroxylation is 1. The average Bonchev–Trinajstić information content (AvgIpc) is 3.11. The molecular formula is C22H19N3O. The van der Waals surface area contributed by atoms with Crippen LogP contribution < -0.4 is 5.32 Å². The summed E-state index contributed by atoms with van der Waals surface area (Å²) < 4.78 is 0. The molecule has 4 heteroatoms. The first kappa shape index (κ1) is 16.1. The fourth-order valence-corrected chi connectivity index (χ4v) is 3.10. The van der Waals surface area contributed by atoms with Crippen molar-refractivity contribution >= 4 is 22.5 Å². The van der Waals surface area contributed by atoms with Crippen LogP contribution in [0.1, 0.15) is 12.0 Å². The van der Waals surface area contributed by atoms with Gasteiger partial charge in [-0.3, -0.25) is 9.78 Å². The smallest absolute Gasteiger partial charge is 0.224 e. The molecule has 0 atom stereocenters. The number of H-pyrrole nitrogens is 1. The van der Waals surface area contributed by atoms with Crippen LogP contribution in [0, 0.1) is 0 Å². The maximum atomic E-state index is 12.3. The van der Waals surface area contributed by atoms with E-state index in [0.717, 1.165) is 22.3 Å². The van der Waals surface area contributed by atoms with E-state index in [-0.39, 0.29) is 5.91 Å². The van der Waals surface area contributed by atoms with Crippen LogP contribution >= 0.6 is 0 Å². The number of fused-ring (bicyclic) bond motifs is 1. The predicted molar refractivity (Wildman–Crippen MR) is 105 cm³/mol. The molecule has 0 saturated heterocycles. The minimum absolute atomic E-state index is 0.0203. The Hall–Kier alpha value is -3.40. The lowest BCUT2D eigenvalue weighted by molar-refractivity contribution is -0.116. The number of benzene rings is 2. The second-order valence-corrected chi connectivity index (χ2v) is 6.22. The standard InChI is InChI=1S/C22H19N3O/c26-22(10-7-18-15-24-21-4-2-1-3-20(18)21)25-19-8-5-16(6-9-19)17-11-13-23-14-12-17/h1-6,8-9,11-15,24H,7,10H2,(H,25,26). The molecule has 0 bridgehead atoms. The van der Waals surface area contributed by atoms with Crippen LogP contribution in [-0.4, -0.2) is 15.9 Å². The van der Waals surface area contributed by atoms with E-state index in [4.69, 9.17) is 0 Å². The Morgan fingerprint density at radius 3 is 2.46 bits per heavy atom. The first-order chi connectivity index (χ1) is 12.8. The zero-order valence-corrected chi connectivity index (χ0v) is 14.3. The summed E-state index contributed by atoms with van der Waals surface area (Å²) in [5.41, 5.74) is 5.30. The van der Waals surface area contributed by atoms with Gasteiger partial charge in [0.05, 0.1) is 0 Å². The molecule has 4 aromatic rings. The number of amides is 1. The zero-order valence-electron chi connectivity index (χ0n) is 14.3. The third kappa shape index (κ3) is 3.49. The molecule has 2 heterocycles. The highest BCUT2D eigenvalue weighted by atomic mass is 16.1. The number of aromatic nitrogens is 2. The number of pyridine rings is 1. The molecule has 0 fully saturated rings. The van der Waals surface area contributed by atoms with Crippen molar-refractivity contribution in [3.05, 3.63) is 84.8 Å². The highest BCUT2D eigenvalue weighted by molar-refractivity contribution is 5.92. The van der Waals surface area contributed by atoms with Crippen molar-refractivity contribution in [3.63, 3.8) is 0 Å². The Bertz CT molecular complexity index is 1020. The van der Waals surface area contributed by atoms with Gasteiger partial charge in [0.25, 0.3) is 0 Å². The number of aromatic amines is 1. The molecule has 0 saturated carbocycles. The molecule has 0 aliphatic rings. The number of carbonyl (C=O) groups excluding carboxylic acids is 1. The van der Waals surface area contributed by atoms with Gasteiger partial charge in [0.2, 0.25) is 5.91 Å². The monoisotopic (exact) mass is 341 g/mol. The van der Waals surface area contributed by atoms with Crippen molar-refractivity contribution in [1.29, 1.82) is 0 Å². The molecule has 4 rings (SSSR count). The van der Waals surface area contributed by atoms with E-state index in [1.807, 2.05) is 60.8 Å². The summed E-state index contributed by atoms with van der Waals surface area (Å²) in [7, 11) is 0. The fraction of sp³-hybridized carbons (Fsp3) is 0.0909. The SMILES string of the molecule is O=C(CCc1c[nH]c2ccccc12)Nc1ccc(-c2ccncc2)cc1. The van der Waals surface area contributed by atoms with Crippen molar-refractivity contribution in [1.82, 2.24) is 9.97 Å². The summed E-state index contributed by atoms with van der Waals surface area (Å²) in [4.78, 5) is 19.5. The van der Waals surface area contributed by atoms with Gasteiger partial charge in [-0.05, 0) is 53.4 Å². The van der Waals surface area contributed by atoms with Gasteiger partial charge in [-0.25, -0.2) is 0 Å². The molecule has 0 unspecified atom stereocenters. The molecule has 0 radical (unpaired) electrons. The van der Waals surface area contributed by atoms with Gasteiger partial charge < -0.3 is 10.3 Å². The van der Waals surface area contributed by atoms with Crippen molar-refractivity contribution in [2.75, 3.05) is 5.32 Å². The minimum atomic E-state index is 0.0203. The highest BCUT2D eigenvalue weighted by Gasteiger charge is 2.07. The van der Waals surface area contributed by atoms with Gasteiger partial charge in [-0.15, -0.1) is 0 Å². The Kier molecular flexibility index (Phi) is 4.48. The van der Waals surface area contributed by atoms with Crippen LogP contribution in [0.25, 0.3) is 22.0 Å². The summed E-state index contributed by atoms with van der Waals surface area (Å²) in [6.45, 7) is 0. The van der Waals surface area contributed by atoms with Gasteiger partial charge in [-0.2, -0.15) is 0 Å². The number of hydrogen-bond acceptors (Lipinski definition) is 2. The fourth-order valence-electron chi connectivity index (χ4n) is 3.10. The number of anilines is 1. The van der Waals surface area contributed by atoms with Crippen molar-refractivity contribution in [2.45, 2.75) is 12.8 Å². The molecule has 2 aromatic heterocycles. The summed E-state index contributed by atoms with van der Waals surface area (Å²) in [6, 6.07) is 20.0. The van der Waals surface area contributed by atoms with Gasteiger partial charge >= 0.3 is 0 Å². The number of hydrogen-bond donors (Lipinski definition) is 2. The Morgan fingerprint density at radius 2 is 1.65 bits per heavy atom. The molecule has 1 amide bonds. The van der Waals surface area contributed by atoms with Crippen molar-refractivity contribution in [3.8, 4) is 11.1 Å². The topological polar surface area (TPSA) is 57.8 Å². The molecule has 0 aliphatic carbocycles. The Labute approximate surface area is 151 Å². The van der Waals surface area contributed by atoms with E-state index in [9.17, 15) is 4.79 Å². The maximum Gasteiger partial charge on any atom is 0.224 e. The van der Waals surface area contributed by atoms with Crippen molar-refractivity contribution < 1.29 is 4.79 Å². The maximum absolute atomic E-state index is 12.3. The van der Waals surface area contributed by atoms with E-state index in [1.54, 1.807) is 12.4 Å². The summed E-state index contributed by atoms with van der Waals surface area (Å²) in [6.07, 6.45) is 6.70. The van der Waals surface area contributed by atoms with Crippen LogP contribution in [0.15, 0.2) is 79.3 Å². The van der Waals surface area contributed by atoms with Crippen LogP contribution in [0.5, 0.6) is 0 Å². The van der Waals surface area contributed by atoms with Crippen LogP contribution in [-0.2, 0) is 11.2 Å². The number of para-hydroxylation sites is 1. The molecule has 2 aromatic carbocycles. The number of nitrogens with zero attached hydrogens (tertiary/aromatic N) is 1. The quantitative estimate of drug-likeness (QED) is 0.548. The van der Waals surface area contributed by atoms with E-state index >= 15 is 0 Å². The number of nitrogens with one attached hydrogen (secondary N) is 2. The third-order valence-corrected chi connectivity index (χ3v) is 4.48. The lowest BCUT2D eigenvalue weighted by Crippen LogP contribution is -2.12. The minimum Gasteiger partial charge on any atom is -0.361 e. The lowest BCUT2D eigenvalue weighted by atomic mass is 10.1. The van der Waals surface area contributed by atoms with Crippen molar-refractivity contribution in [2.24, 2.45) is 0 Å². The van der Waals surface area contributed by atoms with Gasteiger partial charge in [-0.1, -0.05) is 30.3 Å². The number of carbonyl (C=O) groups is 1. The van der Waals surface area contributed by atoms with E-state index in [2.05, 4.69) is 21.4 Å². The van der Waals surface area contributed by atoms with Gasteiger partial charge in [0.1, 0.15) is 0 Å². The number of rotatable bonds is 5. The molecule has 128 valence electrons. The second kappa shape index (κ2) is 7.23. The lowest BCUT2D eigenvalue weighted by Gasteiger charge is -2.07. The highest BCUT2D eigenvalue weighted by Crippen LogP contribution is 2.21. The van der Waals surface area contributed by atoms with Crippen LogP contribution in [0.2, 0.25) is 0 Å². The van der Waals surface area contributed by atoms with E-state index < -0.39 is 0 Å². The normalized spacial score (nSPS) is 10.8. The van der Waals surface area contributed by atoms with Crippen LogP contribution in [0.4, 0.5) is 5.69 Å². The van der Waals surface area contributed by atoms with Gasteiger partial charge in [0.15, 0.2) is 0 Å². The molecule has 26 heavy (non-hydrogen) atoms. The van der Waals surface area contributed by atoms with E-state index in [1.165, 1.54) is 10.9 Å². The third-order valence-electron chi connectivity index (χ3n) is 4.48. The summed E-state index contributed by atoms with van der Waals surface area (Å²) in [5, 5.41) is 4.15. The van der Waals surface area contributed by atoms with E-state index in [0.29, 0.717) is 12.8 Å². The first-order valence-electron chi connectivity index (χ1n) is 8.65. The summed E-state index contributed by atoms with van der Waals surface area (Å²) in [5.74, 6) is 0.0203. The first-order valence-corrected chi connectivity index (χ1v) is 8.65. The zero-order chi connectivity index (χ0) is 17.8. The molecule has 0 aliphatic heterocycles. The predicted octanol–water partition coefficient (Wildman–Crippen LogP) is 4.80. The van der Waals surface area contributed by atoms with Gasteiger partial charge in [0, 0.05) is 41.6 Å². The molecule has 4 nitrogen and oxygen atoms in total. The Balaban J connectivity index is 1.37. The molecule has 2 N–H and O–H groups in total. The van der Waals surface area contributed by atoms with Crippen LogP contribution in [0.3, 0.4) is 0 Å². The average molecular weight is 341 g/mol. The Morgan fingerprint density at radius 1 is 0.923 bits per heavy atom.